The van der Waals surface area contributed by atoms with Crippen LogP contribution in [-0.2, 0) is 24.4 Å². The summed E-state index contributed by atoms with van der Waals surface area (Å²) in [7, 11) is 1.61. The first-order valence-electron chi connectivity index (χ1n) is 20.4. The molecule has 1 N–H and O–H groups in total. The third-order valence-electron chi connectivity index (χ3n) is 10.9. The first-order chi connectivity index (χ1) is 27.6. The van der Waals surface area contributed by atoms with Gasteiger partial charge in [0.1, 0.15) is 18.2 Å². The average Bonchev–Trinajstić information content (AvgIpc) is 3.49. The molecule has 0 fully saturated rings. The number of hydrogen-bond donors (Lipinski definition) is 1. The summed E-state index contributed by atoms with van der Waals surface area (Å²) in [5.74, 6) is 1.87. The molecule has 0 saturated heterocycles. The van der Waals surface area contributed by atoms with Crippen molar-refractivity contribution in [2.45, 2.75) is 104 Å². The van der Waals surface area contributed by atoms with E-state index in [2.05, 4.69) is 59.8 Å². The number of thioether (sulfide) groups is 1. The van der Waals surface area contributed by atoms with Crippen LogP contribution in [0.4, 0.5) is 4.39 Å². The van der Waals surface area contributed by atoms with Gasteiger partial charge in [-0.25, -0.2) is 14.4 Å². The van der Waals surface area contributed by atoms with E-state index < -0.39 is 11.4 Å². The van der Waals surface area contributed by atoms with Gasteiger partial charge in [-0.15, -0.1) is 11.8 Å². The number of aliphatic carboxylic acids is 1. The quantitative estimate of drug-likeness (QED) is 0.0574. The summed E-state index contributed by atoms with van der Waals surface area (Å²) in [6, 6.07) is 26.9. The van der Waals surface area contributed by atoms with Gasteiger partial charge in [0.05, 0.1) is 23.7 Å². The highest BCUT2D eigenvalue weighted by Crippen LogP contribution is 2.41. The fourth-order valence-corrected chi connectivity index (χ4v) is 8.64. The number of fused-ring (bicyclic) bond motifs is 2. The minimum atomic E-state index is -0.984. The Labute approximate surface area is 341 Å². The van der Waals surface area contributed by atoms with Gasteiger partial charge in [0.25, 0.3) is 0 Å². The standard InChI is InChI=1S/C48H56FN3O4S/c1-6-8-11-33(12-9-7-2)13-10-26-57-46-41-28-40(56-32-39-21-18-36-27-38(49)20-23-42(36)51-39)22-24-43(41)52(44(46)29-48(3,4)47(53)54)31-34-14-16-35(17-15-34)37-19-25-45(55-5)50-30-37/h14-25,27-28,30,33H,6-13,26,29,31-32H2,1-5H3,(H,53,54). The van der Waals surface area contributed by atoms with E-state index in [1.807, 2.05) is 62.1 Å². The molecule has 300 valence electrons. The Morgan fingerprint density at radius 3 is 2.32 bits per heavy atom. The molecule has 0 amide bonds. The van der Waals surface area contributed by atoms with Crippen molar-refractivity contribution >= 4 is 39.5 Å². The van der Waals surface area contributed by atoms with E-state index in [4.69, 9.17) is 14.5 Å². The van der Waals surface area contributed by atoms with Crippen LogP contribution in [-0.4, -0.2) is 38.5 Å². The van der Waals surface area contributed by atoms with Crippen molar-refractivity contribution in [2.75, 3.05) is 12.9 Å². The molecule has 0 atom stereocenters. The van der Waals surface area contributed by atoms with Crippen molar-refractivity contribution < 1.29 is 23.8 Å². The molecule has 3 aromatic carbocycles. The van der Waals surface area contributed by atoms with Gasteiger partial charge in [-0.3, -0.25) is 4.79 Å². The SMILES string of the molecule is CCCCC(CCCC)CCCSc1c(CC(C)(C)C(=O)O)n(Cc2ccc(-c3ccc(OC)nc3)cc2)c2ccc(OCc3ccc4cc(F)ccc4n3)cc12. The highest BCUT2D eigenvalue weighted by Gasteiger charge is 2.32. The molecule has 9 heteroatoms. The predicted molar refractivity (Wildman–Crippen MR) is 231 cm³/mol. The molecular weight excluding hydrogens is 734 g/mol. The van der Waals surface area contributed by atoms with Crippen LogP contribution in [0.2, 0.25) is 0 Å². The molecule has 57 heavy (non-hydrogen) atoms. The van der Waals surface area contributed by atoms with Gasteiger partial charge in [0.15, 0.2) is 0 Å². The summed E-state index contributed by atoms with van der Waals surface area (Å²) < 4.78 is 27.7. The zero-order chi connectivity index (χ0) is 40.4. The highest BCUT2D eigenvalue weighted by atomic mass is 32.2. The Bertz CT molecular complexity index is 2240. The minimum absolute atomic E-state index is 0.258. The van der Waals surface area contributed by atoms with Crippen molar-refractivity contribution in [1.82, 2.24) is 14.5 Å². The summed E-state index contributed by atoms with van der Waals surface area (Å²) in [5.41, 5.74) is 5.72. The van der Waals surface area contributed by atoms with E-state index in [1.165, 1.54) is 57.1 Å². The fourth-order valence-electron chi connectivity index (χ4n) is 7.46. The fraction of sp³-hybridized carbons (Fsp3) is 0.396. The maximum absolute atomic E-state index is 13.8. The van der Waals surface area contributed by atoms with Gasteiger partial charge >= 0.3 is 5.97 Å². The van der Waals surface area contributed by atoms with Crippen molar-refractivity contribution in [1.29, 1.82) is 0 Å². The molecule has 6 aromatic rings. The molecule has 0 radical (unpaired) electrons. The summed E-state index contributed by atoms with van der Waals surface area (Å²) in [6.07, 6.45) is 12.1. The zero-order valence-electron chi connectivity index (χ0n) is 34.0. The largest absolute Gasteiger partial charge is 0.487 e. The molecule has 0 spiro atoms. The second kappa shape index (κ2) is 19.5. The van der Waals surface area contributed by atoms with Gasteiger partial charge in [-0.2, -0.15) is 0 Å². The topological polar surface area (TPSA) is 86.5 Å². The Morgan fingerprint density at radius 2 is 1.63 bits per heavy atom. The first-order valence-corrected chi connectivity index (χ1v) is 21.4. The number of halogens is 1. The van der Waals surface area contributed by atoms with E-state index in [9.17, 15) is 14.3 Å². The lowest BCUT2D eigenvalue weighted by Gasteiger charge is -2.22. The Hall–Kier alpha value is -4.89. The van der Waals surface area contributed by atoms with Crippen LogP contribution in [0, 0.1) is 17.2 Å². The summed E-state index contributed by atoms with van der Waals surface area (Å²) in [6.45, 7) is 9.01. The van der Waals surface area contributed by atoms with E-state index in [-0.39, 0.29) is 12.4 Å². The van der Waals surface area contributed by atoms with Crippen molar-refractivity contribution in [3.8, 4) is 22.8 Å². The van der Waals surface area contributed by atoms with Crippen molar-refractivity contribution in [3.05, 3.63) is 114 Å². The molecule has 6 rings (SSSR count). The van der Waals surface area contributed by atoms with E-state index >= 15 is 0 Å². The number of ether oxygens (including phenoxy) is 2. The number of unbranched alkanes of at least 4 members (excludes halogenated alkanes) is 2. The third-order valence-corrected chi connectivity index (χ3v) is 12.1. The number of pyridine rings is 2. The van der Waals surface area contributed by atoms with Crippen LogP contribution < -0.4 is 9.47 Å². The average molecular weight is 790 g/mol. The molecule has 0 aliphatic heterocycles. The molecule has 0 unspecified atom stereocenters. The second-order valence-corrected chi connectivity index (χ2v) is 16.9. The smallest absolute Gasteiger partial charge is 0.309 e. The number of methoxy groups -OCH3 is 1. The Balaban J connectivity index is 1.34. The molecule has 0 aliphatic rings. The molecule has 3 heterocycles. The lowest BCUT2D eigenvalue weighted by molar-refractivity contribution is -0.146. The number of carboxylic acids is 1. The lowest BCUT2D eigenvalue weighted by atomic mass is 9.88. The number of carboxylic acid groups (broad SMARTS) is 1. The molecule has 0 saturated carbocycles. The summed E-state index contributed by atoms with van der Waals surface area (Å²) in [4.78, 5) is 22.8. The van der Waals surface area contributed by atoms with Crippen LogP contribution in [0.15, 0.2) is 96.0 Å². The van der Waals surface area contributed by atoms with Gasteiger partial charge in [0.2, 0.25) is 5.88 Å². The van der Waals surface area contributed by atoms with Gasteiger partial charge in [-0.1, -0.05) is 82.7 Å². The lowest BCUT2D eigenvalue weighted by Crippen LogP contribution is -2.27. The molecule has 7 nitrogen and oxygen atoms in total. The zero-order valence-corrected chi connectivity index (χ0v) is 34.8. The molecule has 0 bridgehead atoms. The maximum atomic E-state index is 13.8. The maximum Gasteiger partial charge on any atom is 0.309 e. The molecule has 3 aromatic heterocycles. The Morgan fingerprint density at radius 1 is 0.895 bits per heavy atom. The van der Waals surface area contributed by atoms with E-state index in [0.717, 1.165) is 72.9 Å². The van der Waals surface area contributed by atoms with Crippen LogP contribution in [0.3, 0.4) is 0 Å². The third kappa shape index (κ3) is 10.7. The number of benzene rings is 3. The molecule has 0 aliphatic carbocycles. The van der Waals surface area contributed by atoms with Crippen LogP contribution >= 0.6 is 11.8 Å². The second-order valence-electron chi connectivity index (χ2n) is 15.8. The molecular formula is C48H56FN3O4S. The Kier molecular flexibility index (Phi) is 14.3. The predicted octanol–water partition coefficient (Wildman–Crippen LogP) is 12.5. The van der Waals surface area contributed by atoms with Crippen LogP contribution in [0.25, 0.3) is 32.9 Å². The number of carbonyl (C=O) groups is 1. The normalized spacial score (nSPS) is 11.8. The summed E-state index contributed by atoms with van der Waals surface area (Å²) in [5, 5.41) is 12.2. The van der Waals surface area contributed by atoms with Crippen LogP contribution in [0.1, 0.15) is 96.0 Å². The summed E-state index contributed by atoms with van der Waals surface area (Å²) >= 11 is 1.85. The van der Waals surface area contributed by atoms with E-state index in [1.54, 1.807) is 13.2 Å². The van der Waals surface area contributed by atoms with Crippen LogP contribution in [0.5, 0.6) is 11.6 Å². The van der Waals surface area contributed by atoms with Crippen molar-refractivity contribution in [2.24, 2.45) is 11.3 Å². The minimum Gasteiger partial charge on any atom is -0.487 e. The van der Waals surface area contributed by atoms with E-state index in [0.29, 0.717) is 24.6 Å². The number of rotatable bonds is 21. The highest BCUT2D eigenvalue weighted by molar-refractivity contribution is 7.99. The monoisotopic (exact) mass is 789 g/mol. The first kappa shape index (κ1) is 41.7. The van der Waals surface area contributed by atoms with Gasteiger partial charge in [0, 0.05) is 57.7 Å². The van der Waals surface area contributed by atoms with Crippen molar-refractivity contribution in [3.63, 3.8) is 0 Å². The van der Waals surface area contributed by atoms with Gasteiger partial charge < -0.3 is 19.1 Å². The van der Waals surface area contributed by atoms with Gasteiger partial charge in [-0.05, 0) is 98.0 Å². The number of aromatic nitrogens is 3. The number of hydrogen-bond acceptors (Lipinski definition) is 6. The number of nitrogens with zero attached hydrogens (tertiary/aromatic N) is 3.